The molecule has 1 unspecified atom stereocenters. The molecule has 4 aliphatic carbocycles. The number of fused-ring (bicyclic) bond motifs is 5. The van der Waals surface area contributed by atoms with Crippen LogP contribution in [-0.2, 0) is 9.47 Å². The highest BCUT2D eigenvalue weighted by molar-refractivity contribution is 5.31. The first-order valence-corrected chi connectivity index (χ1v) is 14.4. The summed E-state index contributed by atoms with van der Waals surface area (Å²) in [6.45, 7) is 6.26. The average Bonchev–Trinajstić information content (AvgIpc) is 3.18. The molecule has 4 N–H and O–H groups in total. The van der Waals surface area contributed by atoms with Gasteiger partial charge in [-0.1, -0.05) is 25.5 Å². The van der Waals surface area contributed by atoms with E-state index in [2.05, 4.69) is 19.9 Å². The van der Waals surface area contributed by atoms with E-state index >= 15 is 0 Å². The molecule has 5 aliphatic rings. The summed E-state index contributed by atoms with van der Waals surface area (Å²) in [7, 11) is 0. The van der Waals surface area contributed by atoms with E-state index in [-0.39, 0.29) is 34.4 Å². The Labute approximate surface area is 223 Å². The van der Waals surface area contributed by atoms with Crippen molar-refractivity contribution in [2.75, 3.05) is 0 Å². The molecule has 1 saturated heterocycles. The quantitative estimate of drug-likeness (QED) is 0.439. The maximum atomic E-state index is 12.4. The lowest BCUT2D eigenvalue weighted by Gasteiger charge is -2.62. The van der Waals surface area contributed by atoms with Crippen LogP contribution in [0.3, 0.4) is 0 Å². The van der Waals surface area contributed by atoms with Crippen molar-refractivity contribution in [1.29, 1.82) is 0 Å². The van der Waals surface area contributed by atoms with Gasteiger partial charge in [0.15, 0.2) is 6.29 Å². The molecule has 0 bridgehead atoms. The first-order chi connectivity index (χ1) is 18.0. The van der Waals surface area contributed by atoms with E-state index in [0.29, 0.717) is 5.92 Å². The van der Waals surface area contributed by atoms with Crippen LogP contribution in [0.2, 0.25) is 0 Å². The Morgan fingerprint density at radius 1 is 0.947 bits per heavy atom. The van der Waals surface area contributed by atoms with Crippen molar-refractivity contribution in [3.05, 3.63) is 46.0 Å². The van der Waals surface area contributed by atoms with Gasteiger partial charge >= 0.3 is 5.63 Å². The summed E-state index contributed by atoms with van der Waals surface area (Å²) >= 11 is 0. The number of hydrogen-bond acceptors (Lipinski definition) is 8. The standard InChI is InChI=1S/C30H42O8/c1-16-24(32)25(33)26(34)27(37-16)38-19-8-11-28(2)18(14-19)5-6-22-21(28)9-12-29(3)20(10-13-30(22,29)35)17-4-7-23(31)36-15-17/h4,7,14-16,19-22,24-27,32-35H,5-6,8-13H2,1-3H3/t16-,19-,20+,21?,22+,24-,25+,26+,27-,28-,29+,30-/m0/s1. The molecule has 1 aromatic heterocycles. The summed E-state index contributed by atoms with van der Waals surface area (Å²) in [4.78, 5) is 11.5. The topological polar surface area (TPSA) is 130 Å². The molecular formula is C30H42O8. The predicted molar refractivity (Wildman–Crippen MR) is 138 cm³/mol. The Hall–Kier alpha value is -1.55. The fourth-order valence-electron chi connectivity index (χ4n) is 9.17. The number of aliphatic hydroxyl groups excluding tert-OH is 3. The van der Waals surface area contributed by atoms with Gasteiger partial charge in [0.1, 0.15) is 18.3 Å². The summed E-state index contributed by atoms with van der Waals surface area (Å²) in [6, 6.07) is 3.36. The highest BCUT2D eigenvalue weighted by Crippen LogP contribution is 2.70. The van der Waals surface area contributed by atoms with Gasteiger partial charge in [-0.3, -0.25) is 0 Å². The van der Waals surface area contributed by atoms with E-state index in [1.165, 1.54) is 11.6 Å². The summed E-state index contributed by atoms with van der Waals surface area (Å²) < 4.78 is 17.0. The molecule has 8 heteroatoms. The smallest absolute Gasteiger partial charge is 0.335 e. The molecule has 0 amide bonds. The van der Waals surface area contributed by atoms with Crippen LogP contribution >= 0.6 is 0 Å². The van der Waals surface area contributed by atoms with Gasteiger partial charge in [0.25, 0.3) is 0 Å². The van der Waals surface area contributed by atoms with E-state index in [1.807, 2.05) is 6.07 Å². The van der Waals surface area contributed by atoms with Crippen molar-refractivity contribution >= 4 is 0 Å². The van der Waals surface area contributed by atoms with Crippen LogP contribution in [-0.4, -0.2) is 62.8 Å². The molecule has 4 fully saturated rings. The Morgan fingerprint density at radius 2 is 1.74 bits per heavy atom. The second-order valence-corrected chi connectivity index (χ2v) is 13.1. The fraction of sp³-hybridized carbons (Fsp3) is 0.767. The average molecular weight is 531 g/mol. The van der Waals surface area contributed by atoms with Crippen LogP contribution in [0.25, 0.3) is 0 Å². The van der Waals surface area contributed by atoms with Crippen molar-refractivity contribution in [3.63, 3.8) is 0 Å². The lowest BCUT2D eigenvalue weighted by Crippen LogP contribution is -2.60. The number of rotatable bonds is 3. The van der Waals surface area contributed by atoms with Gasteiger partial charge < -0.3 is 34.3 Å². The van der Waals surface area contributed by atoms with Crippen molar-refractivity contribution in [2.45, 2.75) is 120 Å². The summed E-state index contributed by atoms with van der Waals surface area (Å²) in [6.07, 6.45) is 5.32. The third-order valence-electron chi connectivity index (χ3n) is 11.5. The van der Waals surface area contributed by atoms with Crippen LogP contribution < -0.4 is 5.63 Å². The molecule has 1 aliphatic heterocycles. The summed E-state index contributed by atoms with van der Waals surface area (Å²) in [5, 5.41) is 43.0. The molecule has 12 atom stereocenters. The van der Waals surface area contributed by atoms with Gasteiger partial charge in [-0.05, 0) is 93.1 Å². The summed E-state index contributed by atoms with van der Waals surface area (Å²) in [5.74, 6) is 0.759. The fourth-order valence-corrected chi connectivity index (χ4v) is 9.17. The molecule has 3 saturated carbocycles. The first kappa shape index (κ1) is 26.7. The maximum Gasteiger partial charge on any atom is 0.335 e. The molecule has 0 aromatic carbocycles. The van der Waals surface area contributed by atoms with Gasteiger partial charge in [0.05, 0.1) is 24.1 Å². The Bertz CT molecular complexity index is 1130. The monoisotopic (exact) mass is 530 g/mol. The van der Waals surface area contributed by atoms with E-state index in [0.717, 1.165) is 56.9 Å². The highest BCUT2D eigenvalue weighted by atomic mass is 16.7. The minimum atomic E-state index is -1.31. The molecule has 2 heterocycles. The lowest BCUT2D eigenvalue weighted by atomic mass is 9.45. The molecule has 1 aromatic rings. The Balaban J connectivity index is 1.21. The van der Waals surface area contributed by atoms with E-state index in [4.69, 9.17) is 13.9 Å². The van der Waals surface area contributed by atoms with Crippen molar-refractivity contribution < 1.29 is 34.3 Å². The van der Waals surface area contributed by atoms with Crippen LogP contribution in [0.15, 0.2) is 39.3 Å². The molecule has 8 nitrogen and oxygen atoms in total. The van der Waals surface area contributed by atoms with Gasteiger partial charge in [-0.25, -0.2) is 4.79 Å². The van der Waals surface area contributed by atoms with E-state index in [9.17, 15) is 25.2 Å². The minimum absolute atomic E-state index is 0.0213. The molecular weight excluding hydrogens is 488 g/mol. The van der Waals surface area contributed by atoms with Gasteiger partial charge in [0.2, 0.25) is 0 Å². The molecule has 210 valence electrons. The Kier molecular flexibility index (Phi) is 6.49. The van der Waals surface area contributed by atoms with Crippen molar-refractivity contribution in [3.8, 4) is 0 Å². The van der Waals surface area contributed by atoms with Gasteiger partial charge in [0, 0.05) is 11.5 Å². The molecule has 38 heavy (non-hydrogen) atoms. The molecule has 0 spiro atoms. The number of aliphatic hydroxyl groups is 4. The lowest BCUT2D eigenvalue weighted by molar-refractivity contribution is -0.301. The number of allylic oxidation sites excluding steroid dienone is 1. The van der Waals surface area contributed by atoms with E-state index in [1.54, 1.807) is 13.2 Å². The minimum Gasteiger partial charge on any atom is -0.431 e. The normalized spacial score (nSPS) is 50.5. The molecule has 0 radical (unpaired) electrons. The Morgan fingerprint density at radius 3 is 2.47 bits per heavy atom. The third-order valence-corrected chi connectivity index (χ3v) is 11.5. The van der Waals surface area contributed by atoms with Crippen molar-refractivity contribution in [1.82, 2.24) is 0 Å². The number of hydrogen-bond donors (Lipinski definition) is 4. The second-order valence-electron chi connectivity index (χ2n) is 13.1. The van der Waals surface area contributed by atoms with Gasteiger partial charge in [-0.15, -0.1) is 0 Å². The van der Waals surface area contributed by atoms with Crippen LogP contribution in [0, 0.1) is 22.7 Å². The van der Waals surface area contributed by atoms with Crippen LogP contribution in [0.5, 0.6) is 0 Å². The van der Waals surface area contributed by atoms with E-state index < -0.39 is 36.3 Å². The largest absolute Gasteiger partial charge is 0.431 e. The maximum absolute atomic E-state index is 12.4. The summed E-state index contributed by atoms with van der Waals surface area (Å²) in [5.41, 5.74) is 0.991. The number of ether oxygens (including phenoxy) is 2. The first-order valence-electron chi connectivity index (χ1n) is 14.4. The zero-order chi connectivity index (χ0) is 27.0. The SMILES string of the molecule is C[C@@H]1O[C@@H](O[C@@H]2C=C3CC[C@@H]4C(CC[C@]5(C)[C@@H](c6ccc(=O)oc6)CC[C@]45O)[C@@]3(C)CC2)[C@H](O)[C@H](O)[C@H]1O. The second kappa shape index (κ2) is 9.25. The highest BCUT2D eigenvalue weighted by Gasteiger charge is 2.66. The molecule has 6 rings (SSSR count). The zero-order valence-corrected chi connectivity index (χ0v) is 22.6. The zero-order valence-electron chi connectivity index (χ0n) is 22.6. The predicted octanol–water partition coefficient (Wildman–Crippen LogP) is 3.01. The van der Waals surface area contributed by atoms with Crippen LogP contribution in [0.1, 0.15) is 83.6 Å². The third kappa shape index (κ3) is 3.82. The van der Waals surface area contributed by atoms with Gasteiger partial charge in [-0.2, -0.15) is 0 Å². The van der Waals surface area contributed by atoms with Crippen molar-refractivity contribution in [2.24, 2.45) is 22.7 Å². The van der Waals surface area contributed by atoms with Crippen LogP contribution in [0.4, 0.5) is 0 Å².